The Bertz CT molecular complexity index is 969. The van der Waals surface area contributed by atoms with E-state index in [1.165, 1.54) is 0 Å². The predicted molar refractivity (Wildman–Crippen MR) is 83.6 cm³/mol. The smallest absolute Gasteiger partial charge is 0.169 e. The van der Waals surface area contributed by atoms with Crippen molar-refractivity contribution in [3.63, 3.8) is 0 Å². The summed E-state index contributed by atoms with van der Waals surface area (Å²) in [4.78, 5) is 4.61. The summed E-state index contributed by atoms with van der Waals surface area (Å²) in [6, 6.07) is 16.3. The molecular weight excluding hydrogens is 260 g/mol. The number of aryl methyl sites for hydroxylation is 2. The Morgan fingerprint density at radius 3 is 2.38 bits per heavy atom. The van der Waals surface area contributed by atoms with Crippen LogP contribution in [0.1, 0.15) is 11.5 Å². The number of rotatable bonds is 1. The standard InChI is InChI=1S/C17H14N4/c1-11-13-7-3-4-8-14(13)17(20-19-11)21-12(2)18-15-9-5-6-10-16(15)21/h3-10H,1-2H3. The van der Waals surface area contributed by atoms with Crippen molar-refractivity contribution in [3.8, 4) is 5.82 Å². The Balaban J connectivity index is 2.15. The van der Waals surface area contributed by atoms with Gasteiger partial charge in [-0.25, -0.2) is 4.98 Å². The monoisotopic (exact) mass is 274 g/mol. The van der Waals surface area contributed by atoms with Gasteiger partial charge in [-0.15, -0.1) is 5.10 Å². The molecule has 0 saturated carbocycles. The lowest BCUT2D eigenvalue weighted by Crippen LogP contribution is -2.04. The molecule has 2 aromatic heterocycles. The van der Waals surface area contributed by atoms with Gasteiger partial charge in [0.25, 0.3) is 0 Å². The van der Waals surface area contributed by atoms with Gasteiger partial charge in [-0.05, 0) is 26.0 Å². The van der Waals surface area contributed by atoms with Crippen molar-refractivity contribution in [1.29, 1.82) is 0 Å². The van der Waals surface area contributed by atoms with E-state index in [1.807, 2.05) is 44.2 Å². The van der Waals surface area contributed by atoms with E-state index < -0.39 is 0 Å². The molecule has 0 atom stereocenters. The molecule has 0 aliphatic carbocycles. The number of fused-ring (bicyclic) bond motifs is 2. The van der Waals surface area contributed by atoms with Gasteiger partial charge in [0, 0.05) is 10.8 Å². The highest BCUT2D eigenvalue weighted by Gasteiger charge is 2.14. The number of para-hydroxylation sites is 2. The third-order valence-corrected chi connectivity index (χ3v) is 3.79. The van der Waals surface area contributed by atoms with Crippen molar-refractivity contribution >= 4 is 21.8 Å². The number of nitrogens with zero attached hydrogens (tertiary/aromatic N) is 4. The third kappa shape index (κ3) is 1.72. The summed E-state index contributed by atoms with van der Waals surface area (Å²) < 4.78 is 2.07. The van der Waals surface area contributed by atoms with Crippen LogP contribution in [-0.4, -0.2) is 19.7 Å². The van der Waals surface area contributed by atoms with E-state index in [-0.39, 0.29) is 0 Å². The van der Waals surface area contributed by atoms with Crippen molar-refractivity contribution < 1.29 is 0 Å². The number of aromatic nitrogens is 4. The predicted octanol–water partition coefficient (Wildman–Crippen LogP) is 3.59. The molecule has 0 bridgehead atoms. The first-order valence-corrected chi connectivity index (χ1v) is 6.92. The Morgan fingerprint density at radius 2 is 1.52 bits per heavy atom. The van der Waals surface area contributed by atoms with Gasteiger partial charge in [-0.1, -0.05) is 36.4 Å². The molecule has 4 aromatic rings. The number of benzene rings is 2. The third-order valence-electron chi connectivity index (χ3n) is 3.79. The molecule has 102 valence electrons. The molecule has 0 amide bonds. The number of hydrogen-bond donors (Lipinski definition) is 0. The topological polar surface area (TPSA) is 43.6 Å². The summed E-state index contributed by atoms with van der Waals surface area (Å²) >= 11 is 0. The minimum Gasteiger partial charge on any atom is -0.279 e. The highest BCUT2D eigenvalue weighted by atomic mass is 15.2. The zero-order valence-electron chi connectivity index (χ0n) is 11.9. The van der Waals surface area contributed by atoms with Crippen LogP contribution in [0.15, 0.2) is 48.5 Å². The zero-order chi connectivity index (χ0) is 14.4. The van der Waals surface area contributed by atoms with Gasteiger partial charge < -0.3 is 0 Å². The molecule has 0 spiro atoms. The maximum atomic E-state index is 4.61. The fraction of sp³-hybridized carbons (Fsp3) is 0.118. The van der Waals surface area contributed by atoms with Crippen molar-refractivity contribution in [2.45, 2.75) is 13.8 Å². The van der Waals surface area contributed by atoms with Crippen LogP contribution in [-0.2, 0) is 0 Å². The van der Waals surface area contributed by atoms with Gasteiger partial charge in [0.1, 0.15) is 5.82 Å². The number of hydrogen-bond acceptors (Lipinski definition) is 3. The minimum atomic E-state index is 0.836. The lowest BCUT2D eigenvalue weighted by molar-refractivity contribution is 0.897. The molecular formula is C17H14N4. The van der Waals surface area contributed by atoms with E-state index in [9.17, 15) is 0 Å². The molecule has 2 aromatic carbocycles. The Hall–Kier alpha value is -2.75. The molecule has 4 rings (SSSR count). The van der Waals surface area contributed by atoms with Crippen molar-refractivity contribution in [2.24, 2.45) is 0 Å². The quantitative estimate of drug-likeness (QED) is 0.533. The maximum Gasteiger partial charge on any atom is 0.169 e. The van der Waals surface area contributed by atoms with Gasteiger partial charge in [0.2, 0.25) is 0 Å². The van der Waals surface area contributed by atoms with Crippen LogP contribution in [0.3, 0.4) is 0 Å². The molecule has 0 unspecified atom stereocenters. The van der Waals surface area contributed by atoms with Crippen LogP contribution < -0.4 is 0 Å². The summed E-state index contributed by atoms with van der Waals surface area (Å²) in [5, 5.41) is 11.0. The fourth-order valence-electron chi connectivity index (χ4n) is 2.80. The van der Waals surface area contributed by atoms with Crippen LogP contribution in [0.25, 0.3) is 27.6 Å². The van der Waals surface area contributed by atoms with Crippen LogP contribution in [0.5, 0.6) is 0 Å². The van der Waals surface area contributed by atoms with Gasteiger partial charge in [-0.3, -0.25) is 4.57 Å². The molecule has 0 aliphatic heterocycles. The summed E-state index contributed by atoms with van der Waals surface area (Å²) in [6.45, 7) is 3.98. The van der Waals surface area contributed by atoms with E-state index >= 15 is 0 Å². The van der Waals surface area contributed by atoms with Crippen LogP contribution in [0.4, 0.5) is 0 Å². The van der Waals surface area contributed by atoms with Gasteiger partial charge >= 0.3 is 0 Å². The molecule has 0 saturated heterocycles. The second-order valence-corrected chi connectivity index (χ2v) is 5.14. The Labute approximate surface area is 122 Å². The second-order valence-electron chi connectivity index (χ2n) is 5.14. The normalized spacial score (nSPS) is 11.3. The second kappa shape index (κ2) is 4.38. The van der Waals surface area contributed by atoms with Crippen LogP contribution in [0.2, 0.25) is 0 Å². The molecule has 0 N–H and O–H groups in total. The summed E-state index contributed by atoms with van der Waals surface area (Å²) in [5.74, 6) is 1.75. The molecule has 0 aliphatic rings. The molecule has 2 heterocycles. The first kappa shape index (κ1) is 12.0. The fourth-order valence-corrected chi connectivity index (χ4v) is 2.80. The van der Waals surface area contributed by atoms with Crippen molar-refractivity contribution in [1.82, 2.24) is 19.7 Å². The average Bonchev–Trinajstić information content (AvgIpc) is 2.84. The summed E-state index contributed by atoms with van der Waals surface area (Å²) in [5.41, 5.74) is 2.97. The summed E-state index contributed by atoms with van der Waals surface area (Å²) in [6.07, 6.45) is 0. The molecule has 4 nitrogen and oxygen atoms in total. The zero-order valence-corrected chi connectivity index (χ0v) is 11.9. The lowest BCUT2D eigenvalue weighted by Gasteiger charge is -2.10. The molecule has 21 heavy (non-hydrogen) atoms. The highest BCUT2D eigenvalue weighted by Crippen LogP contribution is 2.26. The van der Waals surface area contributed by atoms with Gasteiger partial charge in [0.05, 0.1) is 16.7 Å². The molecule has 0 radical (unpaired) electrons. The first-order valence-electron chi connectivity index (χ1n) is 6.92. The van der Waals surface area contributed by atoms with Gasteiger partial charge in [-0.2, -0.15) is 5.10 Å². The Morgan fingerprint density at radius 1 is 0.810 bits per heavy atom. The maximum absolute atomic E-state index is 4.61. The molecule has 0 fully saturated rings. The van der Waals surface area contributed by atoms with E-state index in [1.54, 1.807) is 0 Å². The van der Waals surface area contributed by atoms with Gasteiger partial charge in [0.15, 0.2) is 5.82 Å². The number of imidazole rings is 1. The highest BCUT2D eigenvalue weighted by molar-refractivity contribution is 5.91. The SMILES string of the molecule is Cc1nnc(-n2c(C)nc3ccccc32)c2ccccc12. The minimum absolute atomic E-state index is 0.836. The van der Waals surface area contributed by atoms with E-state index in [0.29, 0.717) is 0 Å². The van der Waals surface area contributed by atoms with Crippen LogP contribution in [0, 0.1) is 13.8 Å². The van der Waals surface area contributed by atoms with E-state index in [4.69, 9.17) is 0 Å². The first-order chi connectivity index (χ1) is 10.3. The van der Waals surface area contributed by atoms with Crippen LogP contribution >= 0.6 is 0 Å². The lowest BCUT2D eigenvalue weighted by atomic mass is 10.1. The van der Waals surface area contributed by atoms with Crippen molar-refractivity contribution in [2.75, 3.05) is 0 Å². The molecule has 4 heteroatoms. The largest absolute Gasteiger partial charge is 0.279 e. The summed E-state index contributed by atoms with van der Waals surface area (Å²) in [7, 11) is 0. The van der Waals surface area contributed by atoms with E-state index in [0.717, 1.165) is 39.1 Å². The average molecular weight is 274 g/mol. The van der Waals surface area contributed by atoms with E-state index in [2.05, 4.69) is 37.9 Å². The van der Waals surface area contributed by atoms with Crippen molar-refractivity contribution in [3.05, 3.63) is 60.0 Å². The Kier molecular flexibility index (Phi) is 2.51.